The minimum atomic E-state index is -4.64. The van der Waals surface area contributed by atoms with Gasteiger partial charge in [0.2, 0.25) is 0 Å². The maximum Gasteiger partial charge on any atom is 0.416 e. The minimum absolute atomic E-state index is 0.0877. The van der Waals surface area contributed by atoms with Gasteiger partial charge in [-0.15, -0.1) is 0 Å². The molecule has 1 aliphatic rings. The molecule has 2 heterocycles. The molecule has 0 unspecified atom stereocenters. The van der Waals surface area contributed by atoms with E-state index in [2.05, 4.69) is 5.32 Å². The Labute approximate surface area is 200 Å². The van der Waals surface area contributed by atoms with Gasteiger partial charge in [-0.3, -0.25) is 29.9 Å². The van der Waals surface area contributed by atoms with Crippen LogP contribution in [0.3, 0.4) is 0 Å². The topological polar surface area (TPSA) is 106 Å². The molecule has 0 aliphatic carbocycles. The molecule has 1 N–H and O–H groups in total. The zero-order valence-electron chi connectivity index (χ0n) is 17.8. The van der Waals surface area contributed by atoms with Gasteiger partial charge in [-0.1, -0.05) is 6.07 Å². The smallest absolute Gasteiger partial charge is 0.416 e. The van der Waals surface area contributed by atoms with E-state index in [0.717, 1.165) is 29.2 Å². The lowest BCUT2D eigenvalue weighted by molar-refractivity contribution is -0.384. The zero-order valence-corrected chi connectivity index (χ0v) is 18.6. The molecule has 1 aliphatic heterocycles. The van der Waals surface area contributed by atoms with Crippen molar-refractivity contribution in [1.29, 1.82) is 0 Å². The van der Waals surface area contributed by atoms with Crippen LogP contribution in [0.25, 0.3) is 17.4 Å². The van der Waals surface area contributed by atoms with E-state index in [9.17, 15) is 32.9 Å². The van der Waals surface area contributed by atoms with E-state index in [1.165, 1.54) is 30.3 Å². The fourth-order valence-electron chi connectivity index (χ4n) is 3.47. The zero-order chi connectivity index (χ0) is 25.5. The number of aryl methyl sites for hydroxylation is 1. The summed E-state index contributed by atoms with van der Waals surface area (Å²) in [6.07, 6.45) is -3.50. The number of rotatable bonds is 4. The highest BCUT2D eigenvalue weighted by Crippen LogP contribution is 2.33. The Bertz CT molecular complexity index is 1430. The molecule has 4 rings (SSSR count). The number of anilines is 1. The van der Waals surface area contributed by atoms with Crippen LogP contribution in [0, 0.1) is 17.0 Å². The van der Waals surface area contributed by atoms with Crippen LogP contribution in [-0.4, -0.2) is 21.9 Å². The molecular formula is C23H14F3N3O5S. The Kier molecular flexibility index (Phi) is 5.99. The standard InChI is InChI=1S/C23H14F3N3O5S/c1-12-9-15(29(32)33)5-7-17(12)19-8-6-16(34-19)11-18-20(30)27-22(35)28(21(18)31)14-4-2-3-13(10-14)23(24,25)26/h2-11H,1H3,(H,27,30,35)/b18-11-. The number of carbonyl (C=O) groups is 2. The maximum atomic E-state index is 13.1. The van der Waals surface area contributed by atoms with Crippen molar-refractivity contribution in [2.75, 3.05) is 4.90 Å². The van der Waals surface area contributed by atoms with Crippen molar-refractivity contribution >= 4 is 46.6 Å². The SMILES string of the molecule is Cc1cc([N+](=O)[O-])ccc1-c1ccc(/C=C2/C(=O)NC(=S)N(c3cccc(C(F)(F)F)c3)C2=O)o1. The lowest BCUT2D eigenvalue weighted by atomic mass is 10.1. The van der Waals surface area contributed by atoms with Crippen LogP contribution in [0.2, 0.25) is 0 Å². The molecule has 0 saturated carbocycles. The van der Waals surface area contributed by atoms with Gasteiger partial charge >= 0.3 is 6.18 Å². The first-order valence-corrected chi connectivity index (χ1v) is 10.3. The maximum absolute atomic E-state index is 13.1. The van der Waals surface area contributed by atoms with Crippen LogP contribution in [-0.2, 0) is 15.8 Å². The van der Waals surface area contributed by atoms with Crippen molar-refractivity contribution in [2.24, 2.45) is 0 Å². The van der Waals surface area contributed by atoms with Gasteiger partial charge in [0.15, 0.2) is 5.11 Å². The predicted molar refractivity (Wildman–Crippen MR) is 123 cm³/mol. The van der Waals surface area contributed by atoms with E-state index < -0.39 is 34.1 Å². The van der Waals surface area contributed by atoms with Crippen LogP contribution in [0.15, 0.2) is 64.6 Å². The second-order valence-electron chi connectivity index (χ2n) is 7.46. The summed E-state index contributed by atoms with van der Waals surface area (Å²) in [5.41, 5.74) is -0.510. The molecule has 1 aromatic heterocycles. The number of nitro benzene ring substituents is 1. The van der Waals surface area contributed by atoms with Crippen LogP contribution >= 0.6 is 12.2 Å². The Morgan fingerprint density at radius 2 is 1.86 bits per heavy atom. The molecule has 0 radical (unpaired) electrons. The summed E-state index contributed by atoms with van der Waals surface area (Å²) >= 11 is 5.02. The molecule has 0 atom stereocenters. The van der Waals surface area contributed by atoms with Crippen LogP contribution in [0.1, 0.15) is 16.9 Å². The summed E-state index contributed by atoms with van der Waals surface area (Å²) in [7, 11) is 0. The highest BCUT2D eigenvalue weighted by atomic mass is 32.1. The van der Waals surface area contributed by atoms with Gasteiger partial charge in [-0.05, 0) is 67.2 Å². The van der Waals surface area contributed by atoms with E-state index >= 15 is 0 Å². The molecule has 1 fully saturated rings. The van der Waals surface area contributed by atoms with Gasteiger partial charge in [0.05, 0.1) is 16.2 Å². The number of benzene rings is 2. The van der Waals surface area contributed by atoms with Crippen molar-refractivity contribution in [2.45, 2.75) is 13.1 Å². The summed E-state index contributed by atoms with van der Waals surface area (Å²) in [5, 5.41) is 12.9. The Morgan fingerprint density at radius 1 is 1.11 bits per heavy atom. The number of carbonyl (C=O) groups excluding carboxylic acids is 2. The lowest BCUT2D eigenvalue weighted by Crippen LogP contribution is -2.54. The van der Waals surface area contributed by atoms with E-state index in [-0.39, 0.29) is 22.2 Å². The summed E-state index contributed by atoms with van der Waals surface area (Å²) in [6.45, 7) is 1.66. The third kappa shape index (κ3) is 4.68. The fraction of sp³-hybridized carbons (Fsp3) is 0.0870. The summed E-state index contributed by atoms with van der Waals surface area (Å²) in [5.74, 6) is -1.33. The van der Waals surface area contributed by atoms with E-state index in [1.807, 2.05) is 0 Å². The quantitative estimate of drug-likeness (QED) is 0.177. The summed E-state index contributed by atoms with van der Waals surface area (Å²) in [6, 6.07) is 11.2. The number of alkyl halides is 3. The predicted octanol–water partition coefficient (Wildman–Crippen LogP) is 5.01. The second kappa shape index (κ2) is 8.80. The monoisotopic (exact) mass is 501 g/mol. The Morgan fingerprint density at radius 3 is 2.51 bits per heavy atom. The lowest BCUT2D eigenvalue weighted by Gasteiger charge is -2.29. The molecule has 35 heavy (non-hydrogen) atoms. The molecular weight excluding hydrogens is 487 g/mol. The van der Waals surface area contributed by atoms with E-state index in [1.54, 1.807) is 13.0 Å². The third-order valence-electron chi connectivity index (χ3n) is 5.13. The number of halogens is 3. The van der Waals surface area contributed by atoms with Crippen molar-refractivity contribution in [1.82, 2.24) is 5.32 Å². The van der Waals surface area contributed by atoms with Crippen molar-refractivity contribution in [3.63, 3.8) is 0 Å². The third-order valence-corrected chi connectivity index (χ3v) is 5.42. The fourth-order valence-corrected chi connectivity index (χ4v) is 3.75. The van der Waals surface area contributed by atoms with E-state index in [0.29, 0.717) is 16.9 Å². The Balaban J connectivity index is 1.67. The molecule has 2 amide bonds. The highest BCUT2D eigenvalue weighted by molar-refractivity contribution is 7.80. The molecule has 0 spiro atoms. The number of amides is 2. The number of hydrogen-bond acceptors (Lipinski definition) is 6. The average Bonchev–Trinajstić information content (AvgIpc) is 3.24. The summed E-state index contributed by atoms with van der Waals surface area (Å²) in [4.78, 5) is 36.7. The molecule has 2 aromatic carbocycles. The second-order valence-corrected chi connectivity index (χ2v) is 7.85. The van der Waals surface area contributed by atoms with Gasteiger partial charge in [0, 0.05) is 17.7 Å². The van der Waals surface area contributed by atoms with Crippen LogP contribution in [0.5, 0.6) is 0 Å². The van der Waals surface area contributed by atoms with E-state index in [4.69, 9.17) is 16.6 Å². The van der Waals surface area contributed by atoms with Gasteiger partial charge in [-0.2, -0.15) is 13.2 Å². The van der Waals surface area contributed by atoms with Crippen molar-refractivity contribution in [3.05, 3.63) is 87.2 Å². The van der Waals surface area contributed by atoms with Crippen molar-refractivity contribution in [3.8, 4) is 11.3 Å². The number of furan rings is 1. The number of nitrogens with zero attached hydrogens (tertiary/aromatic N) is 2. The largest absolute Gasteiger partial charge is 0.457 e. The number of nitro groups is 1. The molecule has 0 bridgehead atoms. The first-order chi connectivity index (χ1) is 16.5. The molecule has 12 heteroatoms. The highest BCUT2D eigenvalue weighted by Gasteiger charge is 2.37. The molecule has 1 saturated heterocycles. The minimum Gasteiger partial charge on any atom is -0.457 e. The van der Waals surface area contributed by atoms with Crippen LogP contribution in [0.4, 0.5) is 24.5 Å². The average molecular weight is 501 g/mol. The van der Waals surface area contributed by atoms with Gasteiger partial charge in [0.25, 0.3) is 17.5 Å². The summed E-state index contributed by atoms with van der Waals surface area (Å²) < 4.78 is 45.1. The number of thiocarbonyl (C=S) groups is 1. The Hall–Kier alpha value is -4.32. The molecule has 8 nitrogen and oxygen atoms in total. The number of non-ortho nitro benzene ring substituents is 1. The molecule has 3 aromatic rings. The number of hydrogen-bond donors (Lipinski definition) is 1. The van der Waals surface area contributed by atoms with Gasteiger partial charge < -0.3 is 4.42 Å². The van der Waals surface area contributed by atoms with Crippen LogP contribution < -0.4 is 10.2 Å². The normalized spacial score (nSPS) is 15.5. The van der Waals surface area contributed by atoms with Gasteiger partial charge in [-0.25, -0.2) is 0 Å². The molecule has 178 valence electrons. The van der Waals surface area contributed by atoms with Gasteiger partial charge in [0.1, 0.15) is 17.1 Å². The number of nitrogens with one attached hydrogen (secondary N) is 1. The first kappa shape index (κ1) is 23.8. The van der Waals surface area contributed by atoms with Crippen molar-refractivity contribution < 1.29 is 32.1 Å². The first-order valence-electron chi connectivity index (χ1n) is 9.89.